The maximum atomic E-state index is 6.36. The maximum Gasteiger partial charge on any atom is 0.0948 e. The quantitative estimate of drug-likeness (QED) is 0.912. The Labute approximate surface area is 114 Å². The van der Waals surface area contributed by atoms with E-state index >= 15 is 0 Å². The average Bonchev–Trinajstić information content (AvgIpc) is 2.81. The van der Waals surface area contributed by atoms with Crippen LogP contribution in [-0.4, -0.2) is 9.55 Å². The summed E-state index contributed by atoms with van der Waals surface area (Å²) in [5.41, 5.74) is 9.09. The zero-order chi connectivity index (χ0) is 13.5. The zero-order valence-corrected chi connectivity index (χ0v) is 11.6. The molecule has 0 radical (unpaired) electrons. The second-order valence-electron chi connectivity index (χ2n) is 6.25. The third-order valence-electron chi connectivity index (χ3n) is 4.36. The molecule has 3 rings (SSSR count). The van der Waals surface area contributed by atoms with Crippen molar-refractivity contribution < 1.29 is 0 Å². The van der Waals surface area contributed by atoms with Crippen LogP contribution in [0.4, 0.5) is 0 Å². The van der Waals surface area contributed by atoms with E-state index in [9.17, 15) is 0 Å². The molecule has 1 heterocycles. The van der Waals surface area contributed by atoms with Crippen LogP contribution in [0.25, 0.3) is 0 Å². The lowest BCUT2D eigenvalue weighted by Crippen LogP contribution is -2.17. The van der Waals surface area contributed by atoms with E-state index in [2.05, 4.69) is 35.5 Å². The van der Waals surface area contributed by atoms with Crippen molar-refractivity contribution in [2.75, 3.05) is 0 Å². The Kier molecular flexibility index (Phi) is 2.94. The van der Waals surface area contributed by atoms with Gasteiger partial charge in [-0.3, -0.25) is 0 Å². The zero-order valence-electron chi connectivity index (χ0n) is 11.6. The molecule has 1 fully saturated rings. The molecule has 1 aliphatic carbocycles. The number of rotatable bonds is 4. The van der Waals surface area contributed by atoms with Crippen molar-refractivity contribution in [2.24, 2.45) is 17.1 Å². The summed E-state index contributed by atoms with van der Waals surface area (Å²) >= 11 is 0. The number of nitrogens with zero attached hydrogens (tertiary/aromatic N) is 2. The van der Waals surface area contributed by atoms with E-state index in [0.29, 0.717) is 5.41 Å². The molecular weight excluding hydrogens is 234 g/mol. The number of imidazole rings is 1. The third-order valence-corrected chi connectivity index (χ3v) is 4.36. The second-order valence-corrected chi connectivity index (χ2v) is 6.25. The van der Waals surface area contributed by atoms with Gasteiger partial charge in [0.15, 0.2) is 0 Å². The van der Waals surface area contributed by atoms with Gasteiger partial charge in [0.25, 0.3) is 0 Å². The lowest BCUT2D eigenvalue weighted by Gasteiger charge is -2.15. The molecule has 0 spiro atoms. The normalized spacial score (nSPS) is 22.2. The number of aromatic nitrogens is 2. The largest absolute Gasteiger partial charge is 0.333 e. The topological polar surface area (TPSA) is 43.8 Å². The van der Waals surface area contributed by atoms with E-state index in [0.717, 1.165) is 23.7 Å². The summed E-state index contributed by atoms with van der Waals surface area (Å²) in [5.74, 6) is 0.753. The van der Waals surface area contributed by atoms with E-state index in [1.54, 1.807) is 0 Å². The lowest BCUT2D eigenvalue weighted by molar-refractivity contribution is 0.486. The predicted molar refractivity (Wildman–Crippen MR) is 76.6 cm³/mol. The van der Waals surface area contributed by atoms with E-state index < -0.39 is 0 Å². The SMILES string of the molecule is CC1(C)CC1Cn1cncc1C(N)c1ccccc1. The molecule has 0 aliphatic heterocycles. The molecule has 0 saturated heterocycles. The molecule has 2 N–H and O–H groups in total. The van der Waals surface area contributed by atoms with Gasteiger partial charge in [-0.15, -0.1) is 0 Å². The molecule has 0 bridgehead atoms. The summed E-state index contributed by atoms with van der Waals surface area (Å²) in [6.07, 6.45) is 5.10. The van der Waals surface area contributed by atoms with Crippen LogP contribution < -0.4 is 5.73 Å². The fourth-order valence-corrected chi connectivity index (χ4v) is 2.70. The fraction of sp³-hybridized carbons (Fsp3) is 0.438. The fourth-order valence-electron chi connectivity index (χ4n) is 2.70. The first kappa shape index (κ1) is 12.4. The van der Waals surface area contributed by atoms with Crippen molar-refractivity contribution >= 4 is 0 Å². The van der Waals surface area contributed by atoms with Crippen molar-refractivity contribution in [1.29, 1.82) is 0 Å². The summed E-state index contributed by atoms with van der Waals surface area (Å²) in [6.45, 7) is 5.68. The maximum absolute atomic E-state index is 6.36. The molecule has 2 unspecified atom stereocenters. The Morgan fingerprint density at radius 3 is 2.68 bits per heavy atom. The monoisotopic (exact) mass is 255 g/mol. The molecule has 19 heavy (non-hydrogen) atoms. The number of hydrogen-bond donors (Lipinski definition) is 1. The van der Waals surface area contributed by atoms with Gasteiger partial charge < -0.3 is 10.3 Å². The minimum atomic E-state index is -0.0921. The molecule has 1 aromatic heterocycles. The first-order valence-corrected chi connectivity index (χ1v) is 6.88. The van der Waals surface area contributed by atoms with Crippen LogP contribution in [0.15, 0.2) is 42.9 Å². The summed E-state index contributed by atoms with van der Waals surface area (Å²) in [7, 11) is 0. The van der Waals surface area contributed by atoms with Crippen molar-refractivity contribution in [3.63, 3.8) is 0 Å². The molecule has 3 nitrogen and oxygen atoms in total. The number of hydrogen-bond acceptors (Lipinski definition) is 2. The van der Waals surface area contributed by atoms with Gasteiger partial charge in [-0.2, -0.15) is 0 Å². The first-order chi connectivity index (χ1) is 9.08. The summed E-state index contributed by atoms with van der Waals surface area (Å²) < 4.78 is 2.22. The highest BCUT2D eigenvalue weighted by molar-refractivity contribution is 5.26. The van der Waals surface area contributed by atoms with E-state index in [1.165, 1.54) is 6.42 Å². The molecule has 1 aliphatic rings. The van der Waals surface area contributed by atoms with Crippen LogP contribution in [0.1, 0.15) is 37.6 Å². The standard InChI is InChI=1S/C16H21N3/c1-16(2)8-13(16)10-19-11-18-9-14(19)15(17)12-6-4-3-5-7-12/h3-7,9,11,13,15H,8,10,17H2,1-2H3. The van der Waals surface area contributed by atoms with Gasteiger partial charge in [-0.1, -0.05) is 44.2 Å². The highest BCUT2D eigenvalue weighted by atomic mass is 15.1. The van der Waals surface area contributed by atoms with Gasteiger partial charge in [0.05, 0.1) is 24.3 Å². The molecule has 100 valence electrons. The molecule has 0 amide bonds. The van der Waals surface area contributed by atoms with Crippen LogP contribution in [0.2, 0.25) is 0 Å². The summed E-state index contributed by atoms with van der Waals surface area (Å²) in [4.78, 5) is 4.28. The molecule has 3 heteroatoms. The lowest BCUT2D eigenvalue weighted by atomic mass is 10.0. The Morgan fingerprint density at radius 1 is 1.37 bits per heavy atom. The van der Waals surface area contributed by atoms with Crippen LogP contribution in [0, 0.1) is 11.3 Å². The second kappa shape index (κ2) is 4.49. The van der Waals surface area contributed by atoms with Crippen LogP contribution >= 0.6 is 0 Å². The van der Waals surface area contributed by atoms with Crippen molar-refractivity contribution in [3.8, 4) is 0 Å². The highest BCUT2D eigenvalue weighted by Crippen LogP contribution is 2.52. The summed E-state index contributed by atoms with van der Waals surface area (Å²) in [6, 6.07) is 10.1. The average molecular weight is 255 g/mol. The Bertz CT molecular complexity index is 556. The predicted octanol–water partition coefficient (Wildman–Crippen LogP) is 2.98. The van der Waals surface area contributed by atoms with Gasteiger partial charge in [0.1, 0.15) is 0 Å². The minimum Gasteiger partial charge on any atom is -0.333 e. The first-order valence-electron chi connectivity index (χ1n) is 6.88. The van der Waals surface area contributed by atoms with E-state index in [-0.39, 0.29) is 6.04 Å². The van der Waals surface area contributed by atoms with Gasteiger partial charge in [0.2, 0.25) is 0 Å². The van der Waals surface area contributed by atoms with Gasteiger partial charge in [-0.05, 0) is 23.3 Å². The van der Waals surface area contributed by atoms with Gasteiger partial charge in [0, 0.05) is 6.54 Å². The smallest absolute Gasteiger partial charge is 0.0948 e. The number of nitrogens with two attached hydrogens (primary N) is 1. The van der Waals surface area contributed by atoms with Crippen molar-refractivity contribution in [3.05, 3.63) is 54.1 Å². The van der Waals surface area contributed by atoms with Crippen molar-refractivity contribution in [2.45, 2.75) is 32.9 Å². The minimum absolute atomic E-state index is 0.0921. The number of benzene rings is 1. The Hall–Kier alpha value is -1.61. The third kappa shape index (κ3) is 2.43. The summed E-state index contributed by atoms with van der Waals surface area (Å²) in [5, 5.41) is 0. The Balaban J connectivity index is 1.80. The van der Waals surface area contributed by atoms with Crippen LogP contribution in [-0.2, 0) is 6.54 Å². The molecule has 1 saturated carbocycles. The molecular formula is C16H21N3. The molecule has 2 atom stereocenters. The van der Waals surface area contributed by atoms with Crippen molar-refractivity contribution in [1.82, 2.24) is 9.55 Å². The van der Waals surface area contributed by atoms with E-state index in [4.69, 9.17) is 5.73 Å². The Morgan fingerprint density at radius 2 is 2.05 bits per heavy atom. The van der Waals surface area contributed by atoms with Gasteiger partial charge >= 0.3 is 0 Å². The van der Waals surface area contributed by atoms with Crippen LogP contribution in [0.5, 0.6) is 0 Å². The molecule has 1 aromatic carbocycles. The van der Waals surface area contributed by atoms with Gasteiger partial charge in [-0.25, -0.2) is 4.98 Å². The van der Waals surface area contributed by atoms with Crippen LogP contribution in [0.3, 0.4) is 0 Å². The molecule has 2 aromatic rings. The van der Waals surface area contributed by atoms with E-state index in [1.807, 2.05) is 30.7 Å². The highest BCUT2D eigenvalue weighted by Gasteiger charge is 2.45.